The summed E-state index contributed by atoms with van der Waals surface area (Å²) < 4.78 is 16.9. The molecule has 0 N–H and O–H groups in total. The van der Waals surface area contributed by atoms with Gasteiger partial charge in [0, 0.05) is 22.7 Å². The summed E-state index contributed by atoms with van der Waals surface area (Å²) in [5.41, 5.74) is 2.08. The number of cyclic esters (lactones) is 1. The highest BCUT2D eigenvalue weighted by atomic mass is 35.5. The number of aliphatic imine (C=N–C) groups is 1. The molecule has 1 aliphatic rings. The van der Waals surface area contributed by atoms with Crippen LogP contribution in [0.15, 0.2) is 77.4 Å². The Bertz CT molecular complexity index is 1300. The standard InChI is InChI=1S/C25H19ClN2O6/c1-2-32-23-14-16(6-11-22(23)33-15-17-4-3-5-19(26)12-17)13-21-25(29)34-24(27-21)18-7-9-20(10-8-18)28(30)31/h3-14H,2,15H2,1H3/b21-13-. The number of halogens is 1. The fourth-order valence-corrected chi connectivity index (χ4v) is 3.42. The molecule has 3 aromatic carbocycles. The van der Waals surface area contributed by atoms with Crippen LogP contribution in [0.4, 0.5) is 5.69 Å². The summed E-state index contributed by atoms with van der Waals surface area (Å²) in [6.45, 7) is 2.61. The number of carbonyl (C=O) groups excluding carboxylic acids is 1. The molecule has 9 heteroatoms. The lowest BCUT2D eigenvalue weighted by atomic mass is 10.1. The van der Waals surface area contributed by atoms with E-state index in [0.717, 1.165) is 5.56 Å². The van der Waals surface area contributed by atoms with Crippen LogP contribution < -0.4 is 9.47 Å². The SMILES string of the molecule is CCOc1cc(/C=C2\N=C(c3ccc([N+](=O)[O-])cc3)OC2=O)ccc1OCc1cccc(Cl)c1. The maximum Gasteiger partial charge on any atom is 0.363 e. The van der Waals surface area contributed by atoms with Gasteiger partial charge in [-0.15, -0.1) is 0 Å². The minimum atomic E-state index is -0.618. The molecular weight excluding hydrogens is 460 g/mol. The van der Waals surface area contributed by atoms with Crippen LogP contribution in [0.1, 0.15) is 23.6 Å². The predicted molar refractivity (Wildman–Crippen MR) is 127 cm³/mol. The van der Waals surface area contributed by atoms with Crippen LogP contribution >= 0.6 is 11.6 Å². The van der Waals surface area contributed by atoms with Crippen molar-refractivity contribution in [2.45, 2.75) is 13.5 Å². The highest BCUT2D eigenvalue weighted by molar-refractivity contribution is 6.30. The number of hydrogen-bond acceptors (Lipinski definition) is 7. The Labute approximate surface area is 200 Å². The quantitative estimate of drug-likeness (QED) is 0.181. The second kappa shape index (κ2) is 10.2. The summed E-state index contributed by atoms with van der Waals surface area (Å²) in [5.74, 6) is 0.531. The monoisotopic (exact) mass is 478 g/mol. The third-order valence-electron chi connectivity index (χ3n) is 4.80. The number of carbonyl (C=O) groups is 1. The molecule has 0 saturated heterocycles. The van der Waals surface area contributed by atoms with Crippen LogP contribution in [0.3, 0.4) is 0 Å². The largest absolute Gasteiger partial charge is 0.490 e. The summed E-state index contributed by atoms with van der Waals surface area (Å²) in [6.07, 6.45) is 1.57. The third kappa shape index (κ3) is 5.41. The number of hydrogen-bond donors (Lipinski definition) is 0. The molecule has 172 valence electrons. The van der Waals surface area contributed by atoms with Crippen molar-refractivity contribution in [2.75, 3.05) is 6.61 Å². The van der Waals surface area contributed by atoms with Gasteiger partial charge in [0.05, 0.1) is 11.5 Å². The molecule has 0 amide bonds. The summed E-state index contributed by atoms with van der Waals surface area (Å²) in [7, 11) is 0. The molecular formula is C25H19ClN2O6. The third-order valence-corrected chi connectivity index (χ3v) is 5.04. The lowest BCUT2D eigenvalue weighted by Gasteiger charge is -2.13. The summed E-state index contributed by atoms with van der Waals surface area (Å²) >= 11 is 6.03. The first kappa shape index (κ1) is 23.0. The van der Waals surface area contributed by atoms with Crippen molar-refractivity contribution in [1.82, 2.24) is 0 Å². The zero-order chi connectivity index (χ0) is 24.1. The van der Waals surface area contributed by atoms with Gasteiger partial charge in [0.2, 0.25) is 5.90 Å². The molecule has 4 rings (SSSR count). The second-order valence-corrected chi connectivity index (χ2v) is 7.63. The molecule has 0 aliphatic carbocycles. The molecule has 1 aliphatic heterocycles. The van der Waals surface area contributed by atoms with E-state index in [1.807, 2.05) is 25.1 Å². The molecule has 0 bridgehead atoms. The number of esters is 1. The Kier molecular flexibility index (Phi) is 6.89. The predicted octanol–water partition coefficient (Wildman–Crippen LogP) is 5.57. The second-order valence-electron chi connectivity index (χ2n) is 7.20. The molecule has 0 atom stereocenters. The van der Waals surface area contributed by atoms with Gasteiger partial charge in [-0.3, -0.25) is 10.1 Å². The molecule has 34 heavy (non-hydrogen) atoms. The van der Waals surface area contributed by atoms with Crippen molar-refractivity contribution in [3.63, 3.8) is 0 Å². The van der Waals surface area contributed by atoms with Crippen molar-refractivity contribution in [1.29, 1.82) is 0 Å². The number of nitro groups is 1. The molecule has 1 heterocycles. The molecule has 3 aromatic rings. The van der Waals surface area contributed by atoms with Crippen molar-refractivity contribution in [3.05, 3.63) is 104 Å². The van der Waals surface area contributed by atoms with E-state index in [4.69, 9.17) is 25.8 Å². The number of nitrogens with zero attached hydrogens (tertiary/aromatic N) is 2. The van der Waals surface area contributed by atoms with Crippen LogP contribution in [0.25, 0.3) is 6.08 Å². The van der Waals surface area contributed by atoms with Crippen LogP contribution in [0.5, 0.6) is 11.5 Å². The Balaban J connectivity index is 1.54. The fourth-order valence-electron chi connectivity index (χ4n) is 3.21. The molecule has 0 aromatic heterocycles. The van der Waals surface area contributed by atoms with Gasteiger partial charge in [-0.25, -0.2) is 9.79 Å². The van der Waals surface area contributed by atoms with Crippen LogP contribution in [-0.4, -0.2) is 23.4 Å². The van der Waals surface area contributed by atoms with Gasteiger partial charge in [-0.2, -0.15) is 0 Å². The van der Waals surface area contributed by atoms with Crippen molar-refractivity contribution in [3.8, 4) is 11.5 Å². The molecule has 0 unspecified atom stereocenters. The Morgan fingerprint density at radius 2 is 1.85 bits per heavy atom. The lowest BCUT2D eigenvalue weighted by Crippen LogP contribution is -2.05. The average Bonchev–Trinajstić information content (AvgIpc) is 3.19. The first-order chi connectivity index (χ1) is 16.4. The zero-order valence-electron chi connectivity index (χ0n) is 18.1. The number of ether oxygens (including phenoxy) is 3. The molecule has 0 fully saturated rings. The highest BCUT2D eigenvalue weighted by Gasteiger charge is 2.24. The average molecular weight is 479 g/mol. The van der Waals surface area contributed by atoms with E-state index in [1.54, 1.807) is 30.3 Å². The molecule has 0 radical (unpaired) electrons. The first-order valence-electron chi connectivity index (χ1n) is 10.3. The summed E-state index contributed by atoms with van der Waals surface area (Å²) in [6, 6.07) is 18.3. The Morgan fingerprint density at radius 1 is 1.06 bits per heavy atom. The normalized spacial score (nSPS) is 14.0. The molecule has 0 saturated carbocycles. The van der Waals surface area contributed by atoms with Crippen molar-refractivity contribution < 1.29 is 23.9 Å². The van der Waals surface area contributed by atoms with Gasteiger partial charge >= 0.3 is 5.97 Å². The van der Waals surface area contributed by atoms with E-state index in [1.165, 1.54) is 24.3 Å². The maximum absolute atomic E-state index is 12.3. The van der Waals surface area contributed by atoms with E-state index in [0.29, 0.717) is 40.9 Å². The van der Waals surface area contributed by atoms with Gasteiger partial charge in [-0.05, 0) is 60.5 Å². The van der Waals surface area contributed by atoms with Gasteiger partial charge < -0.3 is 14.2 Å². The van der Waals surface area contributed by atoms with Crippen LogP contribution in [-0.2, 0) is 16.1 Å². The minimum absolute atomic E-state index is 0.0643. The fraction of sp³-hybridized carbons (Fsp3) is 0.120. The molecule has 0 spiro atoms. The van der Waals surface area contributed by atoms with Crippen LogP contribution in [0, 0.1) is 10.1 Å². The van der Waals surface area contributed by atoms with Crippen molar-refractivity contribution >= 4 is 35.2 Å². The van der Waals surface area contributed by atoms with E-state index in [9.17, 15) is 14.9 Å². The summed E-state index contributed by atoms with van der Waals surface area (Å²) in [4.78, 5) is 26.9. The minimum Gasteiger partial charge on any atom is -0.490 e. The smallest absolute Gasteiger partial charge is 0.363 e. The van der Waals surface area contributed by atoms with E-state index >= 15 is 0 Å². The summed E-state index contributed by atoms with van der Waals surface area (Å²) in [5, 5.41) is 11.5. The van der Waals surface area contributed by atoms with Crippen molar-refractivity contribution in [2.24, 2.45) is 4.99 Å². The van der Waals surface area contributed by atoms with E-state index in [2.05, 4.69) is 4.99 Å². The van der Waals surface area contributed by atoms with Gasteiger partial charge in [0.1, 0.15) is 6.61 Å². The number of non-ortho nitro benzene ring substituents is 1. The first-order valence-corrected chi connectivity index (χ1v) is 10.7. The lowest BCUT2D eigenvalue weighted by molar-refractivity contribution is -0.384. The highest BCUT2D eigenvalue weighted by Crippen LogP contribution is 2.31. The molecule has 8 nitrogen and oxygen atoms in total. The van der Waals surface area contributed by atoms with Gasteiger partial charge in [-0.1, -0.05) is 29.8 Å². The van der Waals surface area contributed by atoms with E-state index in [-0.39, 0.29) is 17.3 Å². The van der Waals surface area contributed by atoms with E-state index < -0.39 is 10.9 Å². The van der Waals surface area contributed by atoms with Gasteiger partial charge in [0.25, 0.3) is 5.69 Å². The van der Waals surface area contributed by atoms with Gasteiger partial charge in [0.15, 0.2) is 17.2 Å². The number of nitro benzene ring substituents is 1. The number of benzene rings is 3. The topological polar surface area (TPSA) is 100 Å². The maximum atomic E-state index is 12.3. The Hall–Kier alpha value is -4.17. The Morgan fingerprint density at radius 3 is 2.56 bits per heavy atom. The number of rotatable bonds is 8. The zero-order valence-corrected chi connectivity index (χ0v) is 18.8. The van der Waals surface area contributed by atoms with Crippen LogP contribution in [0.2, 0.25) is 5.02 Å².